The van der Waals surface area contributed by atoms with E-state index in [0.717, 1.165) is 50.8 Å². The Labute approximate surface area is 195 Å². The van der Waals surface area contributed by atoms with Crippen LogP contribution >= 0.6 is 0 Å². The number of pyridine rings is 1. The van der Waals surface area contributed by atoms with E-state index in [4.69, 9.17) is 4.55 Å². The molecule has 0 atom stereocenters. The molecular formula is C25H21N2O6S+. The molecule has 5 aromatic rings. The third-order valence-electron chi connectivity index (χ3n) is 5.62. The number of aromatic nitrogens is 1. The van der Waals surface area contributed by atoms with Crippen LogP contribution in [0.15, 0.2) is 84.9 Å². The van der Waals surface area contributed by atoms with Crippen molar-refractivity contribution in [1.29, 1.82) is 0 Å². The summed E-state index contributed by atoms with van der Waals surface area (Å²) in [5.74, 6) is 0. The first-order chi connectivity index (χ1) is 16.2. The minimum absolute atomic E-state index is 0.101. The van der Waals surface area contributed by atoms with Gasteiger partial charge < -0.3 is 0 Å². The van der Waals surface area contributed by atoms with Crippen LogP contribution in [-0.4, -0.2) is 25.0 Å². The summed E-state index contributed by atoms with van der Waals surface area (Å²) in [5, 5.41) is 16.7. The average molecular weight is 478 g/mol. The van der Waals surface area contributed by atoms with Gasteiger partial charge in [-0.3, -0.25) is 18.9 Å². The van der Waals surface area contributed by atoms with E-state index in [1.807, 2.05) is 43.4 Å². The third-order valence-corrected chi connectivity index (χ3v) is 6.04. The molecule has 0 aliphatic heterocycles. The summed E-state index contributed by atoms with van der Waals surface area (Å²) in [6.07, 6.45) is 0. The van der Waals surface area contributed by atoms with E-state index in [1.165, 1.54) is 0 Å². The third kappa shape index (κ3) is 4.44. The summed E-state index contributed by atoms with van der Waals surface area (Å²) in [5.41, 5.74) is 3.24. The number of para-hydroxylation sites is 1. The minimum Gasteiger partial charge on any atom is -0.264 e. The Morgan fingerprint density at radius 2 is 1.47 bits per heavy atom. The number of hydrogen-bond donors (Lipinski definition) is 1. The van der Waals surface area contributed by atoms with Gasteiger partial charge in [-0.2, -0.15) is 13.0 Å². The molecule has 8 nitrogen and oxygen atoms in total. The smallest absolute Gasteiger partial charge is 0.264 e. The number of nitrogens with zero attached hydrogens (tertiary/aromatic N) is 2. The molecule has 0 aliphatic rings. The van der Waals surface area contributed by atoms with Crippen LogP contribution in [0.25, 0.3) is 43.7 Å². The number of non-ortho nitro benzene ring substituents is 1. The quantitative estimate of drug-likeness (QED) is 0.129. The van der Waals surface area contributed by atoms with E-state index in [2.05, 4.69) is 45.1 Å². The highest BCUT2D eigenvalue weighted by Crippen LogP contribution is 2.36. The highest BCUT2D eigenvalue weighted by molar-refractivity contribution is 7.80. The van der Waals surface area contributed by atoms with E-state index in [1.54, 1.807) is 12.1 Å². The predicted octanol–water partition coefficient (Wildman–Crippen LogP) is 4.98. The Kier molecular flexibility index (Phi) is 6.25. The molecule has 0 bridgehead atoms. The highest BCUT2D eigenvalue weighted by atomic mass is 32.3. The van der Waals surface area contributed by atoms with Crippen molar-refractivity contribution in [3.05, 3.63) is 95.0 Å². The second-order valence-electron chi connectivity index (χ2n) is 7.53. The molecular weight excluding hydrogens is 456 g/mol. The zero-order valence-corrected chi connectivity index (χ0v) is 19.2. The zero-order chi connectivity index (χ0) is 24.5. The van der Waals surface area contributed by atoms with Crippen molar-refractivity contribution in [1.82, 2.24) is 0 Å². The summed E-state index contributed by atoms with van der Waals surface area (Å²) in [6, 6.07) is 27.8. The van der Waals surface area contributed by atoms with Gasteiger partial charge in [0, 0.05) is 23.6 Å². The monoisotopic (exact) mass is 477 g/mol. The van der Waals surface area contributed by atoms with E-state index in [9.17, 15) is 18.5 Å². The maximum atomic E-state index is 11.5. The summed E-state index contributed by atoms with van der Waals surface area (Å²) in [7, 11) is -1.27. The molecule has 0 aliphatic carbocycles. The van der Waals surface area contributed by atoms with Gasteiger partial charge in [0.25, 0.3) is 5.69 Å². The van der Waals surface area contributed by atoms with E-state index in [-0.39, 0.29) is 10.6 Å². The first-order valence-corrected chi connectivity index (χ1v) is 11.6. The van der Waals surface area contributed by atoms with Gasteiger partial charge in [-0.1, -0.05) is 48.5 Å². The summed E-state index contributed by atoms with van der Waals surface area (Å²) >= 11 is 0. The molecule has 9 heteroatoms. The fraction of sp³-hybridized carbons (Fsp3) is 0.0800. The topological polar surface area (TPSA) is 111 Å². The largest absolute Gasteiger partial charge is 0.397 e. The number of hydrogen-bond acceptors (Lipinski definition) is 5. The minimum atomic E-state index is -4.16. The van der Waals surface area contributed by atoms with Crippen LogP contribution in [0.4, 0.5) is 5.69 Å². The molecule has 34 heavy (non-hydrogen) atoms. The van der Waals surface area contributed by atoms with Crippen molar-refractivity contribution < 1.29 is 26.6 Å². The second-order valence-corrected chi connectivity index (χ2v) is 8.72. The molecule has 0 saturated carbocycles. The average Bonchev–Trinajstić information content (AvgIpc) is 2.84. The molecule has 5 rings (SSSR count). The molecule has 0 fully saturated rings. The molecule has 0 amide bonds. The summed E-state index contributed by atoms with van der Waals surface area (Å²) in [6.45, 7) is 0. The van der Waals surface area contributed by atoms with Gasteiger partial charge >= 0.3 is 10.4 Å². The van der Waals surface area contributed by atoms with Crippen LogP contribution in [0.3, 0.4) is 0 Å². The van der Waals surface area contributed by atoms with Crippen molar-refractivity contribution in [2.75, 3.05) is 7.11 Å². The lowest BCUT2D eigenvalue weighted by Gasteiger charge is -2.11. The van der Waals surface area contributed by atoms with Gasteiger partial charge in [0.05, 0.1) is 28.4 Å². The fourth-order valence-electron chi connectivity index (χ4n) is 4.13. The van der Waals surface area contributed by atoms with Crippen LogP contribution in [0, 0.1) is 10.1 Å². The summed E-state index contributed by atoms with van der Waals surface area (Å²) < 4.78 is 31.9. The maximum absolute atomic E-state index is 11.5. The van der Waals surface area contributed by atoms with Crippen LogP contribution in [0.5, 0.6) is 0 Å². The van der Waals surface area contributed by atoms with Gasteiger partial charge in [-0.15, -0.1) is 0 Å². The predicted molar refractivity (Wildman–Crippen MR) is 131 cm³/mol. The zero-order valence-electron chi connectivity index (χ0n) is 18.4. The molecule has 172 valence electrons. The van der Waals surface area contributed by atoms with Crippen LogP contribution < -0.4 is 4.57 Å². The lowest BCUT2D eigenvalue weighted by molar-refractivity contribution is -0.632. The standard InChI is InChI=1S/C24H17N2O2.CH4O4S/c1-25-23-12-5-4-10-20(23)19-14-13-17(26(27)28)15-22(19)24(25)21-11-6-8-16-7-2-3-9-18(16)21;1-5-6(2,3)4/h2-15H,1H3;1H3,(H,2,3,4)/q+1;. The Bertz CT molecular complexity index is 1660. The normalized spacial score (nSPS) is 11.4. The van der Waals surface area contributed by atoms with Crippen molar-refractivity contribution in [2.45, 2.75) is 0 Å². The maximum Gasteiger partial charge on any atom is 0.397 e. The molecule has 0 unspecified atom stereocenters. The Morgan fingerprint density at radius 1 is 0.853 bits per heavy atom. The Balaban J connectivity index is 0.000000408. The number of rotatable bonds is 3. The molecule has 1 aromatic heterocycles. The van der Waals surface area contributed by atoms with Crippen LogP contribution in [0.1, 0.15) is 0 Å². The molecule has 0 saturated heterocycles. The molecule has 1 N–H and O–H groups in total. The van der Waals surface area contributed by atoms with Gasteiger partial charge in [0.2, 0.25) is 11.2 Å². The van der Waals surface area contributed by atoms with Crippen LogP contribution in [0.2, 0.25) is 0 Å². The molecule has 1 heterocycles. The highest BCUT2D eigenvalue weighted by Gasteiger charge is 2.23. The first-order valence-electron chi connectivity index (χ1n) is 10.2. The van der Waals surface area contributed by atoms with Gasteiger partial charge in [0.15, 0.2) is 0 Å². The first kappa shape index (κ1) is 23.2. The number of aryl methyl sites for hydroxylation is 1. The van der Waals surface area contributed by atoms with E-state index < -0.39 is 10.4 Å². The lowest BCUT2D eigenvalue weighted by Crippen LogP contribution is -2.32. The Morgan fingerprint density at radius 3 is 2.15 bits per heavy atom. The van der Waals surface area contributed by atoms with Gasteiger partial charge in [0.1, 0.15) is 7.05 Å². The molecule has 4 aromatic carbocycles. The second kappa shape index (κ2) is 9.14. The molecule has 0 spiro atoms. The summed E-state index contributed by atoms with van der Waals surface area (Å²) in [4.78, 5) is 11.1. The molecule has 0 radical (unpaired) electrons. The van der Waals surface area contributed by atoms with Gasteiger partial charge in [-0.25, -0.2) is 0 Å². The number of nitro benzene ring substituents is 1. The van der Waals surface area contributed by atoms with Crippen molar-refractivity contribution in [3.8, 4) is 11.3 Å². The van der Waals surface area contributed by atoms with E-state index >= 15 is 0 Å². The van der Waals surface area contributed by atoms with Crippen molar-refractivity contribution in [2.24, 2.45) is 7.05 Å². The van der Waals surface area contributed by atoms with Crippen LogP contribution in [-0.2, 0) is 21.6 Å². The van der Waals surface area contributed by atoms with Crippen molar-refractivity contribution >= 4 is 48.5 Å². The SMILES string of the molecule is COS(=O)(=O)O.C[n+]1c(-c2cccc3ccccc23)c2cc([N+](=O)[O-])ccc2c2ccccc21. The van der Waals surface area contributed by atoms with Crippen molar-refractivity contribution in [3.63, 3.8) is 0 Å². The number of nitro groups is 1. The fourth-order valence-corrected chi connectivity index (χ4v) is 4.13. The number of benzene rings is 4. The number of fused-ring (bicyclic) bond motifs is 4. The van der Waals surface area contributed by atoms with Gasteiger partial charge in [-0.05, 0) is 29.0 Å². The lowest BCUT2D eigenvalue weighted by atomic mass is 9.95. The van der Waals surface area contributed by atoms with E-state index in [0.29, 0.717) is 0 Å². The Hall–Kier alpha value is -3.92.